The third-order valence-electron chi connectivity index (χ3n) is 2.14. The predicted octanol–water partition coefficient (Wildman–Crippen LogP) is 0.0931. The lowest BCUT2D eigenvalue weighted by Crippen LogP contribution is -2.35. The van der Waals surface area contributed by atoms with Gasteiger partial charge in [0.25, 0.3) is 5.91 Å². The number of aromatic nitrogens is 2. The molecule has 1 rings (SSSR count). The molecule has 0 unspecified atom stereocenters. The Morgan fingerprint density at radius 2 is 2.40 bits per heavy atom. The van der Waals surface area contributed by atoms with Gasteiger partial charge in [-0.2, -0.15) is 5.10 Å². The van der Waals surface area contributed by atoms with E-state index in [-0.39, 0.29) is 18.6 Å². The van der Waals surface area contributed by atoms with Gasteiger partial charge in [0.15, 0.2) is 0 Å². The fourth-order valence-corrected chi connectivity index (χ4v) is 1.33. The lowest BCUT2D eigenvalue weighted by Gasteiger charge is -2.09. The molecule has 0 spiro atoms. The van der Waals surface area contributed by atoms with Crippen molar-refractivity contribution >= 4 is 5.91 Å². The van der Waals surface area contributed by atoms with Crippen molar-refractivity contribution in [3.63, 3.8) is 0 Å². The van der Waals surface area contributed by atoms with Crippen LogP contribution in [0.2, 0.25) is 0 Å². The van der Waals surface area contributed by atoms with Crippen LogP contribution in [-0.2, 0) is 13.5 Å². The quantitative estimate of drug-likeness (QED) is 0.742. The van der Waals surface area contributed by atoms with Crippen LogP contribution in [-0.4, -0.2) is 33.4 Å². The summed E-state index contributed by atoms with van der Waals surface area (Å²) in [7, 11) is 1.78. The highest BCUT2D eigenvalue weighted by molar-refractivity contribution is 5.95. The number of aryl methyl sites for hydroxylation is 2. The minimum absolute atomic E-state index is 0.0620. The molecule has 0 saturated heterocycles. The van der Waals surface area contributed by atoms with Gasteiger partial charge in [-0.25, -0.2) is 0 Å². The topological polar surface area (TPSA) is 67.2 Å². The normalized spacial score (nSPS) is 12.5. The number of aliphatic hydroxyl groups is 1. The molecule has 0 saturated carbocycles. The standard InChI is InChI=1S/C10H17N3O2/c1-4-9-8(5-13(3)12-9)10(15)11-7(2)6-14/h5,7,14H,4,6H2,1-3H3,(H,11,15)/t7-/m0/s1. The maximum absolute atomic E-state index is 11.7. The maximum Gasteiger partial charge on any atom is 0.255 e. The highest BCUT2D eigenvalue weighted by Crippen LogP contribution is 2.07. The number of hydrogen-bond acceptors (Lipinski definition) is 3. The Morgan fingerprint density at radius 3 is 2.93 bits per heavy atom. The highest BCUT2D eigenvalue weighted by Gasteiger charge is 2.15. The summed E-state index contributed by atoms with van der Waals surface area (Å²) in [5, 5.41) is 15.7. The van der Waals surface area contributed by atoms with Crippen molar-refractivity contribution in [2.24, 2.45) is 7.05 Å². The Balaban J connectivity index is 2.81. The summed E-state index contributed by atoms with van der Waals surface area (Å²) in [6.07, 6.45) is 2.41. The van der Waals surface area contributed by atoms with Crippen molar-refractivity contribution in [3.8, 4) is 0 Å². The third kappa shape index (κ3) is 2.79. The fraction of sp³-hybridized carbons (Fsp3) is 0.600. The number of nitrogens with zero attached hydrogens (tertiary/aromatic N) is 2. The van der Waals surface area contributed by atoms with E-state index in [1.807, 2.05) is 6.92 Å². The van der Waals surface area contributed by atoms with Gasteiger partial charge in [0.1, 0.15) is 0 Å². The second-order valence-corrected chi connectivity index (χ2v) is 3.57. The molecule has 0 fully saturated rings. The van der Waals surface area contributed by atoms with E-state index < -0.39 is 0 Å². The van der Waals surface area contributed by atoms with Crippen LogP contribution in [0.1, 0.15) is 29.9 Å². The molecule has 84 valence electrons. The van der Waals surface area contributed by atoms with E-state index in [2.05, 4.69) is 10.4 Å². The Labute approximate surface area is 89.1 Å². The van der Waals surface area contributed by atoms with Crippen molar-refractivity contribution in [2.45, 2.75) is 26.3 Å². The number of carbonyl (C=O) groups excluding carboxylic acids is 1. The zero-order valence-corrected chi connectivity index (χ0v) is 9.32. The van der Waals surface area contributed by atoms with E-state index in [4.69, 9.17) is 5.11 Å². The number of nitrogens with one attached hydrogen (secondary N) is 1. The smallest absolute Gasteiger partial charge is 0.255 e. The number of aliphatic hydroxyl groups excluding tert-OH is 1. The molecule has 5 heteroatoms. The second kappa shape index (κ2) is 4.93. The largest absolute Gasteiger partial charge is 0.394 e. The SMILES string of the molecule is CCc1nn(C)cc1C(=O)N[C@@H](C)CO. The van der Waals surface area contributed by atoms with Gasteiger partial charge in [-0.15, -0.1) is 0 Å². The van der Waals surface area contributed by atoms with Gasteiger partial charge in [0.2, 0.25) is 0 Å². The predicted molar refractivity (Wildman–Crippen MR) is 56.6 cm³/mol. The highest BCUT2D eigenvalue weighted by atomic mass is 16.3. The van der Waals surface area contributed by atoms with Crippen molar-refractivity contribution in [1.82, 2.24) is 15.1 Å². The molecule has 1 heterocycles. The lowest BCUT2D eigenvalue weighted by atomic mass is 10.2. The van der Waals surface area contributed by atoms with Crippen LogP contribution in [0.15, 0.2) is 6.20 Å². The summed E-state index contributed by atoms with van der Waals surface area (Å²) < 4.78 is 1.62. The molecular formula is C10H17N3O2. The average molecular weight is 211 g/mol. The Hall–Kier alpha value is -1.36. The molecule has 1 amide bonds. The van der Waals surface area contributed by atoms with E-state index in [1.54, 1.807) is 24.9 Å². The van der Waals surface area contributed by atoms with E-state index in [0.29, 0.717) is 5.56 Å². The first kappa shape index (κ1) is 11.7. The van der Waals surface area contributed by atoms with Gasteiger partial charge in [-0.05, 0) is 13.3 Å². The average Bonchev–Trinajstić information content (AvgIpc) is 2.59. The molecule has 2 N–H and O–H groups in total. The van der Waals surface area contributed by atoms with Crippen molar-refractivity contribution in [1.29, 1.82) is 0 Å². The van der Waals surface area contributed by atoms with Gasteiger partial charge in [0.05, 0.1) is 17.9 Å². The zero-order valence-electron chi connectivity index (χ0n) is 9.32. The number of amides is 1. The molecular weight excluding hydrogens is 194 g/mol. The minimum atomic E-state index is -0.234. The number of carbonyl (C=O) groups is 1. The van der Waals surface area contributed by atoms with E-state index in [1.165, 1.54) is 0 Å². The molecule has 1 aromatic heterocycles. The van der Waals surface area contributed by atoms with Gasteiger partial charge >= 0.3 is 0 Å². The molecule has 0 aliphatic carbocycles. The van der Waals surface area contributed by atoms with E-state index in [9.17, 15) is 4.79 Å². The van der Waals surface area contributed by atoms with E-state index >= 15 is 0 Å². The van der Waals surface area contributed by atoms with Gasteiger partial charge in [0, 0.05) is 19.3 Å². The summed E-state index contributed by atoms with van der Waals surface area (Å²) in [6.45, 7) is 3.64. The van der Waals surface area contributed by atoms with Gasteiger partial charge in [-0.3, -0.25) is 9.48 Å². The van der Waals surface area contributed by atoms with Crippen molar-refractivity contribution in [3.05, 3.63) is 17.5 Å². The molecule has 0 aliphatic rings. The van der Waals surface area contributed by atoms with Crippen molar-refractivity contribution in [2.75, 3.05) is 6.61 Å². The first-order valence-corrected chi connectivity index (χ1v) is 5.02. The molecule has 0 bridgehead atoms. The summed E-state index contributed by atoms with van der Waals surface area (Å²) in [5.41, 5.74) is 1.36. The number of hydrogen-bond donors (Lipinski definition) is 2. The summed E-state index contributed by atoms with van der Waals surface area (Å²) in [5.74, 6) is -0.179. The summed E-state index contributed by atoms with van der Waals surface area (Å²) in [6, 6.07) is -0.234. The maximum atomic E-state index is 11.7. The van der Waals surface area contributed by atoms with Crippen LogP contribution in [0.3, 0.4) is 0 Å². The molecule has 15 heavy (non-hydrogen) atoms. The lowest BCUT2D eigenvalue weighted by molar-refractivity contribution is 0.0921. The summed E-state index contributed by atoms with van der Waals surface area (Å²) in [4.78, 5) is 11.7. The first-order valence-electron chi connectivity index (χ1n) is 5.02. The Kier molecular flexibility index (Phi) is 3.85. The van der Waals surface area contributed by atoms with Crippen LogP contribution < -0.4 is 5.32 Å². The second-order valence-electron chi connectivity index (χ2n) is 3.57. The Bertz CT molecular complexity index is 346. The third-order valence-corrected chi connectivity index (χ3v) is 2.14. The van der Waals surface area contributed by atoms with Crippen LogP contribution in [0.4, 0.5) is 0 Å². The number of rotatable bonds is 4. The molecule has 0 aromatic carbocycles. The van der Waals surface area contributed by atoms with E-state index in [0.717, 1.165) is 12.1 Å². The van der Waals surface area contributed by atoms with Gasteiger partial charge in [-0.1, -0.05) is 6.92 Å². The molecule has 1 aromatic rings. The van der Waals surface area contributed by atoms with Crippen LogP contribution >= 0.6 is 0 Å². The molecule has 0 aliphatic heterocycles. The minimum Gasteiger partial charge on any atom is -0.394 e. The monoisotopic (exact) mass is 211 g/mol. The zero-order chi connectivity index (χ0) is 11.4. The first-order chi connectivity index (χ1) is 7.08. The Morgan fingerprint density at radius 1 is 1.73 bits per heavy atom. The van der Waals surface area contributed by atoms with Gasteiger partial charge < -0.3 is 10.4 Å². The van der Waals surface area contributed by atoms with Crippen LogP contribution in [0, 0.1) is 0 Å². The summed E-state index contributed by atoms with van der Waals surface area (Å²) >= 11 is 0. The fourth-order valence-electron chi connectivity index (χ4n) is 1.33. The van der Waals surface area contributed by atoms with Crippen LogP contribution in [0.25, 0.3) is 0 Å². The van der Waals surface area contributed by atoms with Crippen LogP contribution in [0.5, 0.6) is 0 Å². The molecule has 5 nitrogen and oxygen atoms in total. The molecule has 1 atom stereocenters. The van der Waals surface area contributed by atoms with Crippen molar-refractivity contribution < 1.29 is 9.90 Å². The molecule has 0 radical (unpaired) electrons.